The molecule has 4 aromatic rings. The molecule has 0 fully saturated rings. The quantitative estimate of drug-likeness (QED) is 0.300. The highest BCUT2D eigenvalue weighted by atomic mass is 32.2. The molecule has 0 bridgehead atoms. The third kappa shape index (κ3) is 5.29. The normalized spacial score (nSPS) is 11.5. The molecule has 0 atom stereocenters. The van der Waals surface area contributed by atoms with Crippen molar-refractivity contribution in [3.05, 3.63) is 42.0 Å². The number of amides is 1. The molecule has 0 unspecified atom stereocenters. The van der Waals surface area contributed by atoms with E-state index in [-0.39, 0.29) is 36.4 Å². The summed E-state index contributed by atoms with van der Waals surface area (Å²) in [5, 5.41) is 20.9. The Bertz CT molecular complexity index is 1560. The number of aromatic nitrogens is 2. The molecule has 2 aromatic heterocycles. The van der Waals surface area contributed by atoms with E-state index >= 15 is 0 Å². The van der Waals surface area contributed by atoms with Crippen molar-refractivity contribution in [2.24, 2.45) is 0 Å². The third-order valence-electron chi connectivity index (χ3n) is 4.99. The molecule has 0 radical (unpaired) electrons. The van der Waals surface area contributed by atoms with E-state index in [0.29, 0.717) is 5.13 Å². The first-order chi connectivity index (χ1) is 16.9. The lowest BCUT2D eigenvalue weighted by atomic mass is 10.2. The molecule has 35 heavy (non-hydrogen) atoms. The molecule has 13 heteroatoms. The number of thioether (sulfide) groups is 1. The van der Waals surface area contributed by atoms with Gasteiger partial charge in [-0.3, -0.25) is 10.1 Å². The van der Waals surface area contributed by atoms with Crippen molar-refractivity contribution in [1.29, 1.82) is 10.5 Å². The molecule has 0 aliphatic heterocycles. The molecule has 0 saturated heterocycles. The first kappa shape index (κ1) is 25.0. The maximum atomic E-state index is 12.9. The van der Waals surface area contributed by atoms with Gasteiger partial charge in [-0.2, -0.15) is 14.8 Å². The number of thiazole rings is 2. The largest absolute Gasteiger partial charge is 0.298 e. The number of carbonyl (C=O) groups is 1. The van der Waals surface area contributed by atoms with E-state index in [1.807, 2.05) is 30.5 Å². The second-order valence-corrected chi connectivity index (χ2v) is 12.2. The van der Waals surface area contributed by atoms with E-state index in [9.17, 15) is 13.2 Å². The summed E-state index contributed by atoms with van der Waals surface area (Å²) < 4.78 is 29.9. The lowest BCUT2D eigenvalue weighted by Gasteiger charge is -2.20. The lowest BCUT2D eigenvalue weighted by molar-refractivity contribution is 0.102. The van der Waals surface area contributed by atoms with Gasteiger partial charge in [-0.25, -0.2) is 18.4 Å². The van der Waals surface area contributed by atoms with Crippen LogP contribution in [0, 0.1) is 22.7 Å². The standard InChI is InChI=1S/C22H18N6O3S4/c1-32-22-26-17-9-8-16-18(19(17)34-22)33-21(25-16)27-20(29)14-4-6-15(7-5-14)35(30,31)28(12-2-10-23)13-3-11-24/h4-9H,2-3,12-13H2,1H3,(H,25,27,29). The molecule has 1 N–H and O–H groups in total. The van der Waals surface area contributed by atoms with Crippen LogP contribution in [-0.4, -0.2) is 47.9 Å². The van der Waals surface area contributed by atoms with Gasteiger partial charge in [-0.15, -0.1) is 11.3 Å². The van der Waals surface area contributed by atoms with Crippen molar-refractivity contribution in [1.82, 2.24) is 14.3 Å². The Morgan fingerprint density at radius 1 is 1.00 bits per heavy atom. The Hall–Kier alpha value is -3.07. The molecular weight excluding hydrogens is 525 g/mol. The summed E-state index contributed by atoms with van der Waals surface area (Å²) in [5.74, 6) is -0.413. The predicted octanol–water partition coefficient (Wildman–Crippen LogP) is 4.70. The minimum absolute atomic E-state index is 0.00811. The molecule has 9 nitrogen and oxygen atoms in total. The monoisotopic (exact) mass is 542 g/mol. The molecule has 0 spiro atoms. The van der Waals surface area contributed by atoms with Crippen LogP contribution in [0.15, 0.2) is 45.6 Å². The fraction of sp³-hybridized carbons (Fsp3) is 0.227. The van der Waals surface area contributed by atoms with Gasteiger partial charge in [0.15, 0.2) is 9.47 Å². The zero-order chi connectivity index (χ0) is 25.0. The number of rotatable bonds is 9. The maximum absolute atomic E-state index is 12.9. The van der Waals surface area contributed by atoms with Gasteiger partial charge < -0.3 is 0 Å². The molecule has 1 amide bonds. The summed E-state index contributed by atoms with van der Waals surface area (Å²) in [6.07, 6.45) is 2.00. The number of hydrogen-bond donors (Lipinski definition) is 1. The van der Waals surface area contributed by atoms with Crippen molar-refractivity contribution >= 4 is 75.9 Å². The molecule has 2 heterocycles. The van der Waals surface area contributed by atoms with Gasteiger partial charge in [0.2, 0.25) is 10.0 Å². The average molecular weight is 543 g/mol. The lowest BCUT2D eigenvalue weighted by Crippen LogP contribution is -2.32. The number of sulfonamides is 1. The van der Waals surface area contributed by atoms with Gasteiger partial charge in [0.05, 0.1) is 37.5 Å². The zero-order valence-corrected chi connectivity index (χ0v) is 21.7. The summed E-state index contributed by atoms with van der Waals surface area (Å²) in [7, 11) is -3.90. The average Bonchev–Trinajstić information content (AvgIpc) is 3.47. The third-order valence-corrected chi connectivity index (χ3v) is 10.1. The number of nitrogens with one attached hydrogen (secondary N) is 1. The number of anilines is 1. The van der Waals surface area contributed by atoms with E-state index in [1.165, 1.54) is 35.6 Å². The Labute approximate surface area is 214 Å². The smallest absolute Gasteiger partial charge is 0.257 e. The summed E-state index contributed by atoms with van der Waals surface area (Å²) in [6, 6.07) is 13.2. The van der Waals surface area contributed by atoms with E-state index in [2.05, 4.69) is 15.3 Å². The minimum Gasteiger partial charge on any atom is -0.298 e. The number of nitrogens with zero attached hydrogens (tertiary/aromatic N) is 5. The van der Waals surface area contributed by atoms with E-state index in [0.717, 1.165) is 29.1 Å². The van der Waals surface area contributed by atoms with E-state index in [4.69, 9.17) is 10.5 Å². The van der Waals surface area contributed by atoms with Gasteiger partial charge in [0, 0.05) is 31.5 Å². The fourth-order valence-electron chi connectivity index (χ4n) is 3.29. The van der Waals surface area contributed by atoms with Crippen LogP contribution < -0.4 is 5.32 Å². The summed E-state index contributed by atoms with van der Waals surface area (Å²) >= 11 is 4.52. The highest BCUT2D eigenvalue weighted by molar-refractivity contribution is 8.00. The zero-order valence-electron chi connectivity index (χ0n) is 18.4. The first-order valence-corrected chi connectivity index (χ1v) is 14.6. The second-order valence-electron chi connectivity index (χ2n) is 7.16. The van der Waals surface area contributed by atoms with Crippen LogP contribution in [0.5, 0.6) is 0 Å². The minimum atomic E-state index is -3.90. The van der Waals surface area contributed by atoms with Crippen molar-refractivity contribution < 1.29 is 13.2 Å². The number of hydrogen-bond acceptors (Lipinski definition) is 10. The number of benzene rings is 2. The molecular formula is C22H18N6O3S4. The second kappa shape index (κ2) is 10.7. The predicted molar refractivity (Wildman–Crippen MR) is 138 cm³/mol. The van der Waals surface area contributed by atoms with Crippen molar-refractivity contribution in [2.75, 3.05) is 24.7 Å². The van der Waals surface area contributed by atoms with Crippen LogP contribution in [0.3, 0.4) is 0 Å². The molecule has 2 aromatic carbocycles. The SMILES string of the molecule is CSc1nc2ccc3nc(NC(=O)c4ccc(S(=O)(=O)N(CCC#N)CCC#N)cc4)sc3c2s1. The first-order valence-electron chi connectivity index (χ1n) is 10.3. The summed E-state index contributed by atoms with van der Waals surface area (Å²) in [5.41, 5.74) is 1.94. The van der Waals surface area contributed by atoms with Gasteiger partial charge >= 0.3 is 0 Å². The van der Waals surface area contributed by atoms with Crippen LogP contribution in [0.4, 0.5) is 5.13 Å². The Morgan fingerprint density at radius 3 is 2.20 bits per heavy atom. The van der Waals surface area contributed by atoms with Crippen LogP contribution in [0.25, 0.3) is 20.4 Å². The van der Waals surface area contributed by atoms with Crippen molar-refractivity contribution in [3.63, 3.8) is 0 Å². The van der Waals surface area contributed by atoms with Gasteiger partial charge in [0.1, 0.15) is 0 Å². The maximum Gasteiger partial charge on any atom is 0.257 e. The molecule has 178 valence electrons. The summed E-state index contributed by atoms with van der Waals surface area (Å²) in [6.45, 7) is -0.0162. The van der Waals surface area contributed by atoms with Crippen LogP contribution >= 0.6 is 34.4 Å². The topological polar surface area (TPSA) is 140 Å². The van der Waals surface area contributed by atoms with E-state index < -0.39 is 15.9 Å². The van der Waals surface area contributed by atoms with E-state index in [1.54, 1.807) is 23.1 Å². The van der Waals surface area contributed by atoms with Crippen LogP contribution in [0.2, 0.25) is 0 Å². The molecule has 0 aliphatic rings. The Balaban J connectivity index is 1.53. The van der Waals surface area contributed by atoms with Crippen molar-refractivity contribution in [3.8, 4) is 12.1 Å². The Morgan fingerprint density at radius 2 is 1.60 bits per heavy atom. The van der Waals surface area contributed by atoms with Gasteiger partial charge in [-0.05, 0) is 42.7 Å². The van der Waals surface area contributed by atoms with Crippen LogP contribution in [0.1, 0.15) is 23.2 Å². The van der Waals surface area contributed by atoms with Crippen LogP contribution in [-0.2, 0) is 10.0 Å². The molecule has 0 saturated carbocycles. The number of fused-ring (bicyclic) bond motifs is 3. The molecule has 4 rings (SSSR count). The van der Waals surface area contributed by atoms with Crippen molar-refractivity contribution in [2.45, 2.75) is 22.1 Å². The molecule has 0 aliphatic carbocycles. The summed E-state index contributed by atoms with van der Waals surface area (Å²) in [4.78, 5) is 21.8. The number of carbonyl (C=O) groups excluding carboxylic acids is 1. The number of nitriles is 2. The highest BCUT2D eigenvalue weighted by Gasteiger charge is 2.24. The Kier molecular flexibility index (Phi) is 7.64. The van der Waals surface area contributed by atoms with Gasteiger partial charge in [0.25, 0.3) is 5.91 Å². The van der Waals surface area contributed by atoms with Gasteiger partial charge in [-0.1, -0.05) is 23.1 Å². The fourth-order valence-corrected chi connectivity index (χ4v) is 7.39. The highest BCUT2D eigenvalue weighted by Crippen LogP contribution is 2.38.